The highest BCUT2D eigenvalue weighted by Gasteiger charge is 2.43. The van der Waals surface area contributed by atoms with Crippen molar-refractivity contribution in [2.24, 2.45) is 0 Å². The summed E-state index contributed by atoms with van der Waals surface area (Å²) in [6.45, 7) is 1.00. The summed E-state index contributed by atoms with van der Waals surface area (Å²) < 4.78 is 7.10. The van der Waals surface area contributed by atoms with Gasteiger partial charge in [0.2, 0.25) is 12.1 Å². The first-order valence-electron chi connectivity index (χ1n) is 10.2. The number of ketones is 1. The zero-order valence-electron chi connectivity index (χ0n) is 17.5. The van der Waals surface area contributed by atoms with E-state index in [1.807, 2.05) is 53.6 Å². The number of nitrogens with one attached hydrogen (secondary N) is 1. The zero-order valence-corrected chi connectivity index (χ0v) is 18.2. The van der Waals surface area contributed by atoms with E-state index in [1.54, 1.807) is 12.1 Å². The molecule has 164 valence electrons. The molecule has 1 atom stereocenters. The average molecular weight is 452 g/mol. The van der Waals surface area contributed by atoms with Crippen LogP contribution in [0.1, 0.15) is 23.6 Å². The predicted molar refractivity (Wildman–Crippen MR) is 116 cm³/mol. The molecule has 0 saturated carbocycles. The molecule has 1 N–H and O–H groups in total. The Bertz CT molecular complexity index is 1160. The lowest BCUT2D eigenvalue weighted by Gasteiger charge is -2.27. The molecule has 2 aromatic carbocycles. The maximum absolute atomic E-state index is 13.4. The van der Waals surface area contributed by atoms with Crippen molar-refractivity contribution in [3.63, 3.8) is 0 Å². The number of Topliss-reactive ketones (excluding diaryl/α,β-unsaturated/α-hetero) is 1. The fourth-order valence-corrected chi connectivity index (χ4v) is 4.19. The van der Waals surface area contributed by atoms with Crippen molar-refractivity contribution in [2.75, 3.05) is 13.7 Å². The van der Waals surface area contributed by atoms with Gasteiger partial charge in [0, 0.05) is 18.5 Å². The molecule has 2 heterocycles. The third kappa shape index (κ3) is 4.11. The molecule has 1 unspecified atom stereocenters. The van der Waals surface area contributed by atoms with Gasteiger partial charge in [0.25, 0.3) is 5.91 Å². The van der Waals surface area contributed by atoms with Crippen molar-refractivity contribution in [1.29, 1.82) is 0 Å². The number of nitrogens with zero attached hydrogens (tertiary/aromatic N) is 2. The molecule has 0 spiro atoms. The summed E-state index contributed by atoms with van der Waals surface area (Å²) in [7, 11) is 1.48. The summed E-state index contributed by atoms with van der Waals surface area (Å²) >= 11 is 6.19. The van der Waals surface area contributed by atoms with Crippen LogP contribution in [0.15, 0.2) is 72.8 Å². The highest BCUT2D eigenvalue weighted by molar-refractivity contribution is 6.46. The number of halogens is 1. The normalized spacial score (nSPS) is 17.7. The summed E-state index contributed by atoms with van der Waals surface area (Å²) in [4.78, 5) is 30.4. The molecule has 8 heteroatoms. The van der Waals surface area contributed by atoms with E-state index < -0.39 is 23.5 Å². The Kier molecular flexibility index (Phi) is 6.28. The molecule has 32 heavy (non-hydrogen) atoms. The molecule has 0 aliphatic carbocycles. The number of aromatic amines is 1. The number of aromatic nitrogens is 2. The Morgan fingerprint density at radius 1 is 1.22 bits per heavy atom. The first-order valence-corrected chi connectivity index (χ1v) is 10.6. The SMILES string of the molecule is COc1ccc(/C([O-])=C2\C(=O)C(=O)N(CCC[n+]3cc[nH]c3)C2c2ccccc2)cc1Cl. The van der Waals surface area contributed by atoms with Crippen LogP contribution in [0.5, 0.6) is 5.75 Å². The Balaban J connectivity index is 1.72. The van der Waals surface area contributed by atoms with E-state index in [-0.39, 0.29) is 16.2 Å². The number of imidazole rings is 1. The number of benzene rings is 2. The van der Waals surface area contributed by atoms with Gasteiger partial charge >= 0.3 is 0 Å². The minimum absolute atomic E-state index is 0.0586. The van der Waals surface area contributed by atoms with Crippen molar-refractivity contribution in [3.05, 3.63) is 89.0 Å². The Morgan fingerprint density at radius 3 is 2.66 bits per heavy atom. The van der Waals surface area contributed by atoms with Gasteiger partial charge in [-0.1, -0.05) is 53.8 Å². The molecular formula is C24H22ClN3O4. The summed E-state index contributed by atoms with van der Waals surface area (Å²) in [5.74, 6) is -1.53. The molecule has 0 bridgehead atoms. The largest absolute Gasteiger partial charge is 0.872 e. The zero-order chi connectivity index (χ0) is 22.7. The van der Waals surface area contributed by atoms with Crippen molar-refractivity contribution >= 4 is 29.1 Å². The molecular weight excluding hydrogens is 430 g/mol. The maximum Gasteiger partial charge on any atom is 0.295 e. The maximum atomic E-state index is 13.4. The monoisotopic (exact) mass is 451 g/mol. The number of methoxy groups -OCH3 is 1. The minimum Gasteiger partial charge on any atom is -0.872 e. The Morgan fingerprint density at radius 2 is 2.00 bits per heavy atom. The van der Waals surface area contributed by atoms with E-state index in [4.69, 9.17) is 16.3 Å². The van der Waals surface area contributed by atoms with Crippen LogP contribution < -0.4 is 14.4 Å². The van der Waals surface area contributed by atoms with Gasteiger partial charge < -0.3 is 14.7 Å². The van der Waals surface area contributed by atoms with Gasteiger partial charge in [0.15, 0.2) is 0 Å². The topological polar surface area (TPSA) is 89.3 Å². The Hall–Kier alpha value is -3.58. The number of ether oxygens (including phenoxy) is 1. The van der Waals surface area contributed by atoms with Crippen molar-refractivity contribution < 1.29 is 24.0 Å². The number of carbonyl (C=O) groups is 2. The second kappa shape index (κ2) is 9.28. The molecule has 1 aliphatic rings. The fourth-order valence-electron chi connectivity index (χ4n) is 3.93. The molecule has 3 aromatic rings. The molecule has 1 fully saturated rings. The molecule has 7 nitrogen and oxygen atoms in total. The summed E-state index contributed by atoms with van der Waals surface area (Å²) in [6.07, 6.45) is 6.14. The minimum atomic E-state index is -0.773. The number of carbonyl (C=O) groups excluding carboxylic acids is 2. The summed E-state index contributed by atoms with van der Waals surface area (Å²) in [5.41, 5.74) is 0.887. The standard InChI is InChI=1S/C24H22ClN3O4/c1-32-19-9-8-17(14-18(19)25)22(29)20-21(16-6-3-2-4-7-16)28(24(31)23(20)30)12-5-11-27-13-10-26-15-27/h2-4,6-10,13-15,21H,5,11-12H2,1H3,(H,29,30). The van der Waals surface area contributed by atoms with Crippen LogP contribution in [-0.2, 0) is 16.1 Å². The molecule has 0 radical (unpaired) electrons. The third-order valence-corrected chi connectivity index (χ3v) is 5.77. The average Bonchev–Trinajstić information content (AvgIpc) is 3.41. The van der Waals surface area contributed by atoms with Crippen LogP contribution in [0.4, 0.5) is 0 Å². The van der Waals surface area contributed by atoms with Crippen LogP contribution >= 0.6 is 11.6 Å². The van der Waals surface area contributed by atoms with Crippen molar-refractivity contribution in [2.45, 2.75) is 19.0 Å². The van der Waals surface area contributed by atoms with Gasteiger partial charge in [-0.3, -0.25) is 14.6 Å². The second-order valence-corrected chi connectivity index (χ2v) is 7.84. The summed E-state index contributed by atoms with van der Waals surface area (Å²) in [5, 5.41) is 13.7. The number of likely N-dealkylation sites (tertiary alicyclic amines) is 1. The number of rotatable bonds is 7. The van der Waals surface area contributed by atoms with Gasteiger partial charge in [-0.25, -0.2) is 4.57 Å². The first-order chi connectivity index (χ1) is 15.5. The van der Waals surface area contributed by atoms with E-state index >= 15 is 0 Å². The van der Waals surface area contributed by atoms with E-state index in [2.05, 4.69) is 4.98 Å². The number of hydrogen-bond acceptors (Lipinski definition) is 4. The Labute approximate surface area is 190 Å². The van der Waals surface area contributed by atoms with Gasteiger partial charge in [0.1, 0.15) is 18.1 Å². The quantitative estimate of drug-likeness (QED) is 0.258. The lowest BCUT2D eigenvalue weighted by molar-refractivity contribution is -0.695. The van der Waals surface area contributed by atoms with Gasteiger partial charge in [-0.15, -0.1) is 0 Å². The first kappa shape index (κ1) is 21.6. The molecule has 1 aromatic heterocycles. The van der Waals surface area contributed by atoms with E-state index in [0.29, 0.717) is 30.8 Å². The lowest BCUT2D eigenvalue weighted by Crippen LogP contribution is -2.36. The van der Waals surface area contributed by atoms with Gasteiger partial charge in [-0.2, -0.15) is 0 Å². The van der Waals surface area contributed by atoms with E-state index in [9.17, 15) is 14.7 Å². The number of hydrogen-bond donors (Lipinski definition) is 1. The number of aryl methyl sites for hydroxylation is 1. The second-order valence-electron chi connectivity index (χ2n) is 7.44. The van der Waals surface area contributed by atoms with E-state index in [1.165, 1.54) is 18.1 Å². The highest BCUT2D eigenvalue weighted by Crippen LogP contribution is 2.39. The van der Waals surface area contributed by atoms with Crippen molar-refractivity contribution in [1.82, 2.24) is 9.88 Å². The molecule has 1 aliphatic heterocycles. The predicted octanol–water partition coefficient (Wildman–Crippen LogP) is 2.28. The molecule has 4 rings (SSSR count). The van der Waals surface area contributed by atoms with Gasteiger partial charge in [0.05, 0.1) is 24.7 Å². The summed E-state index contributed by atoms with van der Waals surface area (Å²) in [6, 6.07) is 13.0. The molecule has 1 saturated heterocycles. The van der Waals surface area contributed by atoms with E-state index in [0.717, 1.165) is 0 Å². The number of H-pyrrole nitrogens is 1. The van der Waals surface area contributed by atoms with Crippen LogP contribution in [0.25, 0.3) is 5.76 Å². The highest BCUT2D eigenvalue weighted by atomic mass is 35.5. The smallest absolute Gasteiger partial charge is 0.295 e. The number of amides is 1. The lowest BCUT2D eigenvalue weighted by atomic mass is 9.95. The van der Waals surface area contributed by atoms with Crippen LogP contribution in [0.2, 0.25) is 5.02 Å². The molecule has 1 amide bonds. The van der Waals surface area contributed by atoms with Gasteiger partial charge in [-0.05, 0) is 23.3 Å². The van der Waals surface area contributed by atoms with Crippen LogP contribution in [0.3, 0.4) is 0 Å². The van der Waals surface area contributed by atoms with Crippen molar-refractivity contribution in [3.8, 4) is 5.75 Å². The van der Waals surface area contributed by atoms with Crippen LogP contribution in [0, 0.1) is 0 Å². The van der Waals surface area contributed by atoms with Crippen LogP contribution in [-0.4, -0.2) is 35.2 Å². The third-order valence-electron chi connectivity index (χ3n) is 5.48. The fraction of sp³-hybridized carbons (Fsp3) is 0.208.